The van der Waals surface area contributed by atoms with Crippen LogP contribution in [0.15, 0.2) is 95.8 Å². The van der Waals surface area contributed by atoms with Crippen LogP contribution in [-0.4, -0.2) is 18.4 Å². The molecule has 3 aromatic carbocycles. The van der Waals surface area contributed by atoms with E-state index in [2.05, 4.69) is 17.4 Å². The first-order valence-corrected chi connectivity index (χ1v) is 10.6. The van der Waals surface area contributed by atoms with Crippen molar-refractivity contribution >= 4 is 23.2 Å². The van der Waals surface area contributed by atoms with E-state index in [4.69, 9.17) is 4.42 Å². The van der Waals surface area contributed by atoms with Gasteiger partial charge in [-0.1, -0.05) is 48.5 Å². The number of carbonyl (C=O) groups is 2. The summed E-state index contributed by atoms with van der Waals surface area (Å²) in [6, 6.07) is 25.2. The predicted octanol–water partition coefficient (Wildman–Crippen LogP) is 5.33. The van der Waals surface area contributed by atoms with E-state index in [0.29, 0.717) is 24.1 Å². The maximum atomic E-state index is 13.1. The molecular weight excluding hydrogens is 400 g/mol. The zero-order valence-corrected chi connectivity index (χ0v) is 17.5. The highest BCUT2D eigenvalue weighted by Gasteiger charge is 2.26. The Morgan fingerprint density at radius 1 is 0.938 bits per heavy atom. The van der Waals surface area contributed by atoms with Crippen LogP contribution in [0.5, 0.6) is 0 Å². The molecule has 0 saturated carbocycles. The van der Waals surface area contributed by atoms with Crippen LogP contribution in [0.2, 0.25) is 0 Å². The normalized spacial score (nSPS) is 12.4. The van der Waals surface area contributed by atoms with Gasteiger partial charge in [0.25, 0.3) is 11.8 Å². The van der Waals surface area contributed by atoms with Gasteiger partial charge in [0.1, 0.15) is 6.26 Å². The summed E-state index contributed by atoms with van der Waals surface area (Å²) in [5.74, 6) is -0.218. The number of nitrogens with one attached hydrogen (secondary N) is 1. The van der Waals surface area contributed by atoms with Gasteiger partial charge in [0, 0.05) is 23.5 Å². The Hall–Kier alpha value is -4.12. The molecule has 5 nitrogen and oxygen atoms in total. The third kappa shape index (κ3) is 3.93. The van der Waals surface area contributed by atoms with Crippen LogP contribution in [0.4, 0.5) is 11.4 Å². The van der Waals surface area contributed by atoms with Gasteiger partial charge in [-0.05, 0) is 59.9 Å². The van der Waals surface area contributed by atoms with Crippen LogP contribution in [0.3, 0.4) is 0 Å². The Morgan fingerprint density at radius 3 is 2.56 bits per heavy atom. The Labute approximate surface area is 186 Å². The molecule has 1 N–H and O–H groups in total. The summed E-state index contributed by atoms with van der Waals surface area (Å²) < 4.78 is 5.04. The number of hydrogen-bond acceptors (Lipinski definition) is 3. The standard InChI is InChI=1S/C27H22N2O3/c30-26(24-9-5-4-8-20(24)16-19-6-2-1-3-7-19)28-23-10-11-25-21(17-23)12-14-29(25)27(31)22-13-15-32-18-22/h1-11,13,15,17-18H,12,14,16H2,(H,28,30). The van der Waals surface area contributed by atoms with Crippen molar-refractivity contribution in [3.8, 4) is 0 Å². The zero-order chi connectivity index (χ0) is 21.9. The molecule has 2 amide bonds. The lowest BCUT2D eigenvalue weighted by Crippen LogP contribution is -2.28. The van der Waals surface area contributed by atoms with Gasteiger partial charge in [-0.15, -0.1) is 0 Å². The molecule has 0 unspecified atom stereocenters. The van der Waals surface area contributed by atoms with Gasteiger partial charge in [0.2, 0.25) is 0 Å². The molecule has 0 fully saturated rings. The second-order valence-electron chi connectivity index (χ2n) is 7.84. The first kappa shape index (κ1) is 19.8. The third-order valence-electron chi connectivity index (χ3n) is 5.75. The number of anilines is 2. The van der Waals surface area contributed by atoms with Gasteiger partial charge in [-0.25, -0.2) is 0 Å². The molecule has 2 heterocycles. The molecule has 0 saturated heterocycles. The maximum Gasteiger partial charge on any atom is 0.261 e. The lowest BCUT2D eigenvalue weighted by Gasteiger charge is -2.17. The highest BCUT2D eigenvalue weighted by atomic mass is 16.3. The molecule has 5 rings (SSSR count). The Balaban J connectivity index is 1.34. The molecule has 0 atom stereocenters. The second-order valence-corrected chi connectivity index (χ2v) is 7.84. The number of nitrogens with zero attached hydrogens (tertiary/aromatic N) is 1. The lowest BCUT2D eigenvalue weighted by molar-refractivity contribution is 0.0987. The van der Waals surface area contributed by atoms with Crippen molar-refractivity contribution in [2.75, 3.05) is 16.8 Å². The van der Waals surface area contributed by atoms with E-state index in [1.807, 2.05) is 60.7 Å². The minimum atomic E-state index is -0.138. The average Bonchev–Trinajstić information content (AvgIpc) is 3.50. The Kier molecular flexibility index (Phi) is 5.30. The SMILES string of the molecule is O=C(Nc1ccc2c(c1)CCN2C(=O)c1ccoc1)c1ccccc1Cc1ccccc1. The van der Waals surface area contributed by atoms with E-state index < -0.39 is 0 Å². The van der Waals surface area contributed by atoms with Crippen molar-refractivity contribution in [2.45, 2.75) is 12.8 Å². The highest BCUT2D eigenvalue weighted by Crippen LogP contribution is 2.32. The summed E-state index contributed by atoms with van der Waals surface area (Å²) >= 11 is 0. The first-order chi connectivity index (χ1) is 15.7. The zero-order valence-electron chi connectivity index (χ0n) is 17.5. The highest BCUT2D eigenvalue weighted by molar-refractivity contribution is 6.08. The number of amides is 2. The van der Waals surface area contributed by atoms with Gasteiger partial charge in [-0.2, -0.15) is 0 Å². The number of hydrogen-bond donors (Lipinski definition) is 1. The smallest absolute Gasteiger partial charge is 0.261 e. The van der Waals surface area contributed by atoms with Crippen LogP contribution in [0.25, 0.3) is 0 Å². The quantitative estimate of drug-likeness (QED) is 0.473. The summed E-state index contributed by atoms with van der Waals surface area (Å²) in [4.78, 5) is 27.5. The molecule has 5 heteroatoms. The topological polar surface area (TPSA) is 62.6 Å². The lowest BCUT2D eigenvalue weighted by atomic mass is 9.99. The molecule has 1 aliphatic rings. The number of furan rings is 1. The summed E-state index contributed by atoms with van der Waals surface area (Å²) in [7, 11) is 0. The van der Waals surface area contributed by atoms with Crippen LogP contribution < -0.4 is 10.2 Å². The molecule has 0 radical (unpaired) electrons. The fourth-order valence-corrected chi connectivity index (χ4v) is 4.14. The van der Waals surface area contributed by atoms with Crippen molar-refractivity contribution in [3.63, 3.8) is 0 Å². The minimum Gasteiger partial charge on any atom is -0.472 e. The van der Waals surface area contributed by atoms with Crippen LogP contribution >= 0.6 is 0 Å². The molecule has 32 heavy (non-hydrogen) atoms. The van der Waals surface area contributed by atoms with E-state index >= 15 is 0 Å². The number of benzene rings is 3. The third-order valence-corrected chi connectivity index (χ3v) is 5.75. The predicted molar refractivity (Wildman–Crippen MR) is 124 cm³/mol. The van der Waals surface area contributed by atoms with Crippen molar-refractivity contribution in [2.24, 2.45) is 0 Å². The van der Waals surface area contributed by atoms with E-state index in [9.17, 15) is 9.59 Å². The van der Waals surface area contributed by atoms with Gasteiger partial charge in [0.15, 0.2) is 0 Å². The number of rotatable bonds is 5. The molecule has 1 aliphatic heterocycles. The van der Waals surface area contributed by atoms with E-state index in [0.717, 1.165) is 34.5 Å². The van der Waals surface area contributed by atoms with Crippen LogP contribution in [0.1, 0.15) is 37.4 Å². The Bertz CT molecular complexity index is 1260. The largest absolute Gasteiger partial charge is 0.472 e. The van der Waals surface area contributed by atoms with Gasteiger partial charge >= 0.3 is 0 Å². The van der Waals surface area contributed by atoms with Crippen molar-refractivity contribution in [3.05, 3.63) is 119 Å². The number of fused-ring (bicyclic) bond motifs is 1. The molecule has 1 aromatic heterocycles. The fraction of sp³-hybridized carbons (Fsp3) is 0.111. The van der Waals surface area contributed by atoms with Crippen molar-refractivity contribution < 1.29 is 14.0 Å². The fourth-order valence-electron chi connectivity index (χ4n) is 4.14. The molecule has 0 aliphatic carbocycles. The minimum absolute atomic E-state index is 0.0795. The Morgan fingerprint density at radius 2 is 1.75 bits per heavy atom. The van der Waals surface area contributed by atoms with Crippen LogP contribution in [0, 0.1) is 0 Å². The summed E-state index contributed by atoms with van der Waals surface area (Å²) in [5.41, 5.74) is 5.97. The summed E-state index contributed by atoms with van der Waals surface area (Å²) in [6.45, 7) is 0.608. The van der Waals surface area contributed by atoms with E-state index in [-0.39, 0.29) is 11.8 Å². The van der Waals surface area contributed by atoms with Crippen molar-refractivity contribution in [1.82, 2.24) is 0 Å². The van der Waals surface area contributed by atoms with Gasteiger partial charge in [0.05, 0.1) is 11.8 Å². The average molecular weight is 422 g/mol. The number of carbonyl (C=O) groups excluding carboxylic acids is 2. The van der Waals surface area contributed by atoms with Gasteiger partial charge < -0.3 is 14.6 Å². The maximum absolute atomic E-state index is 13.1. The first-order valence-electron chi connectivity index (χ1n) is 10.6. The van der Waals surface area contributed by atoms with E-state index in [1.54, 1.807) is 11.0 Å². The molecule has 0 bridgehead atoms. The van der Waals surface area contributed by atoms with E-state index in [1.165, 1.54) is 12.5 Å². The van der Waals surface area contributed by atoms with Crippen molar-refractivity contribution in [1.29, 1.82) is 0 Å². The monoisotopic (exact) mass is 422 g/mol. The molecule has 158 valence electrons. The second kappa shape index (κ2) is 8.55. The van der Waals surface area contributed by atoms with Gasteiger partial charge in [-0.3, -0.25) is 9.59 Å². The molecular formula is C27H22N2O3. The summed E-state index contributed by atoms with van der Waals surface area (Å²) in [6.07, 6.45) is 4.40. The molecule has 4 aromatic rings. The molecule has 0 spiro atoms. The summed E-state index contributed by atoms with van der Waals surface area (Å²) in [5, 5.41) is 3.03. The van der Waals surface area contributed by atoms with Crippen LogP contribution in [-0.2, 0) is 12.8 Å².